The fourth-order valence-corrected chi connectivity index (χ4v) is 5.56. The molecule has 1 saturated heterocycles. The lowest BCUT2D eigenvalue weighted by Crippen LogP contribution is -2.49. The zero-order chi connectivity index (χ0) is 23.6. The molecule has 0 bridgehead atoms. The standard InChI is InChI=1S/C25H30N4O3S/c1-18-5-11-23(12-6-18)33(30,31)29-15-13-28(14-16-29)25-24(19(2)26-20(3)27-25)17-21-7-9-22(32-4)10-8-21/h5-12H,13-17H2,1-4H3. The molecule has 1 aromatic heterocycles. The molecule has 2 heterocycles. The number of rotatable bonds is 6. The molecule has 2 aromatic carbocycles. The van der Waals surface area contributed by atoms with Crippen LogP contribution < -0.4 is 9.64 Å². The minimum atomic E-state index is -3.50. The van der Waals surface area contributed by atoms with Crippen molar-refractivity contribution >= 4 is 15.8 Å². The van der Waals surface area contributed by atoms with Gasteiger partial charge in [0.05, 0.1) is 12.0 Å². The fourth-order valence-electron chi connectivity index (χ4n) is 4.13. The molecule has 1 aliphatic rings. The number of anilines is 1. The van der Waals surface area contributed by atoms with Crippen molar-refractivity contribution in [2.75, 3.05) is 38.2 Å². The maximum Gasteiger partial charge on any atom is 0.243 e. The van der Waals surface area contributed by atoms with Gasteiger partial charge in [-0.15, -0.1) is 0 Å². The van der Waals surface area contributed by atoms with Crippen molar-refractivity contribution in [2.45, 2.75) is 32.1 Å². The first kappa shape index (κ1) is 23.2. The number of aryl methyl sites for hydroxylation is 3. The number of methoxy groups -OCH3 is 1. The summed E-state index contributed by atoms with van der Waals surface area (Å²) in [7, 11) is -1.85. The summed E-state index contributed by atoms with van der Waals surface area (Å²) in [6, 6.07) is 15.0. The zero-order valence-electron chi connectivity index (χ0n) is 19.6. The molecule has 0 radical (unpaired) electrons. The molecule has 174 valence electrons. The predicted molar refractivity (Wildman–Crippen MR) is 129 cm³/mol. The van der Waals surface area contributed by atoms with Gasteiger partial charge < -0.3 is 9.64 Å². The molecule has 0 spiro atoms. The number of hydrogen-bond donors (Lipinski definition) is 0. The van der Waals surface area contributed by atoms with E-state index < -0.39 is 10.0 Å². The molecular formula is C25H30N4O3S. The van der Waals surface area contributed by atoms with Crippen molar-refractivity contribution in [3.63, 3.8) is 0 Å². The Balaban J connectivity index is 1.54. The smallest absolute Gasteiger partial charge is 0.243 e. The quantitative estimate of drug-likeness (QED) is 0.553. The molecule has 4 rings (SSSR count). The average molecular weight is 467 g/mol. The van der Waals surface area contributed by atoms with E-state index in [1.54, 1.807) is 23.5 Å². The molecule has 1 fully saturated rings. The Morgan fingerprint density at radius 3 is 2.12 bits per heavy atom. The summed E-state index contributed by atoms with van der Waals surface area (Å²) in [5, 5.41) is 0. The van der Waals surface area contributed by atoms with Crippen LogP contribution in [0.5, 0.6) is 5.75 Å². The highest BCUT2D eigenvalue weighted by atomic mass is 32.2. The van der Waals surface area contributed by atoms with Gasteiger partial charge in [-0.3, -0.25) is 0 Å². The van der Waals surface area contributed by atoms with Crippen molar-refractivity contribution in [2.24, 2.45) is 0 Å². The highest BCUT2D eigenvalue weighted by Crippen LogP contribution is 2.27. The van der Waals surface area contributed by atoms with Crippen molar-refractivity contribution in [3.05, 3.63) is 76.7 Å². The molecule has 33 heavy (non-hydrogen) atoms. The molecule has 8 heteroatoms. The predicted octanol–water partition coefficient (Wildman–Crippen LogP) is 3.51. The van der Waals surface area contributed by atoms with Crippen molar-refractivity contribution in [3.8, 4) is 5.75 Å². The maximum absolute atomic E-state index is 13.1. The average Bonchev–Trinajstić information content (AvgIpc) is 2.81. The largest absolute Gasteiger partial charge is 0.497 e. The van der Waals surface area contributed by atoms with E-state index in [1.165, 1.54) is 0 Å². The van der Waals surface area contributed by atoms with Crippen LogP contribution >= 0.6 is 0 Å². The third kappa shape index (κ3) is 5.02. The number of ether oxygens (including phenoxy) is 1. The highest BCUT2D eigenvalue weighted by Gasteiger charge is 2.30. The summed E-state index contributed by atoms with van der Waals surface area (Å²) in [6.45, 7) is 7.85. The molecule has 7 nitrogen and oxygen atoms in total. The van der Waals surface area contributed by atoms with Crippen LogP contribution in [-0.2, 0) is 16.4 Å². The molecule has 0 amide bonds. The number of nitrogens with zero attached hydrogens (tertiary/aromatic N) is 4. The molecule has 1 aliphatic heterocycles. The van der Waals surface area contributed by atoms with E-state index in [2.05, 4.69) is 9.88 Å². The lowest BCUT2D eigenvalue weighted by molar-refractivity contribution is 0.383. The Morgan fingerprint density at radius 2 is 1.52 bits per heavy atom. The Hall–Kier alpha value is -2.97. The second-order valence-electron chi connectivity index (χ2n) is 8.39. The van der Waals surface area contributed by atoms with Gasteiger partial charge in [-0.1, -0.05) is 29.8 Å². The summed E-state index contributed by atoms with van der Waals surface area (Å²) >= 11 is 0. The van der Waals surface area contributed by atoms with Crippen LogP contribution in [-0.4, -0.2) is 56.0 Å². The van der Waals surface area contributed by atoms with Crippen LogP contribution in [0, 0.1) is 20.8 Å². The van der Waals surface area contributed by atoms with Crippen molar-refractivity contribution in [1.82, 2.24) is 14.3 Å². The second kappa shape index (κ2) is 9.49. The number of aromatic nitrogens is 2. The van der Waals surface area contributed by atoms with Gasteiger partial charge in [0.1, 0.15) is 17.4 Å². The third-order valence-corrected chi connectivity index (χ3v) is 7.95. The first-order valence-corrected chi connectivity index (χ1v) is 12.5. The van der Waals surface area contributed by atoms with E-state index in [-0.39, 0.29) is 0 Å². The van der Waals surface area contributed by atoms with Crippen LogP contribution in [0.25, 0.3) is 0 Å². The van der Waals surface area contributed by atoms with E-state index in [4.69, 9.17) is 9.72 Å². The first-order chi connectivity index (χ1) is 15.8. The van der Waals surface area contributed by atoms with Crippen molar-refractivity contribution < 1.29 is 13.2 Å². The van der Waals surface area contributed by atoms with Gasteiger partial charge >= 0.3 is 0 Å². The van der Waals surface area contributed by atoms with Gasteiger partial charge in [0.2, 0.25) is 10.0 Å². The van der Waals surface area contributed by atoms with Gasteiger partial charge in [0.15, 0.2) is 0 Å². The minimum absolute atomic E-state index is 0.343. The molecular weight excluding hydrogens is 436 g/mol. The Labute approximate surface area is 196 Å². The van der Waals surface area contributed by atoms with E-state index in [0.29, 0.717) is 37.5 Å². The maximum atomic E-state index is 13.1. The lowest BCUT2D eigenvalue weighted by Gasteiger charge is -2.36. The lowest BCUT2D eigenvalue weighted by atomic mass is 10.0. The summed E-state index contributed by atoms with van der Waals surface area (Å²) in [6.07, 6.45) is 0.702. The minimum Gasteiger partial charge on any atom is -0.497 e. The highest BCUT2D eigenvalue weighted by molar-refractivity contribution is 7.89. The van der Waals surface area contributed by atoms with E-state index >= 15 is 0 Å². The van der Waals surface area contributed by atoms with Gasteiger partial charge in [0, 0.05) is 43.9 Å². The SMILES string of the molecule is COc1ccc(Cc2c(C)nc(C)nc2N2CCN(S(=O)(=O)c3ccc(C)cc3)CC2)cc1. The third-order valence-electron chi connectivity index (χ3n) is 6.04. The van der Waals surface area contributed by atoms with Gasteiger partial charge in [-0.25, -0.2) is 18.4 Å². The molecule has 3 aromatic rings. The topological polar surface area (TPSA) is 75.6 Å². The second-order valence-corrected chi connectivity index (χ2v) is 10.3. The van der Waals surface area contributed by atoms with Gasteiger partial charge in [-0.2, -0.15) is 4.31 Å². The van der Waals surface area contributed by atoms with Crippen LogP contribution in [0.15, 0.2) is 53.4 Å². The van der Waals surface area contributed by atoms with Crippen molar-refractivity contribution in [1.29, 1.82) is 0 Å². The van der Waals surface area contributed by atoms with E-state index in [9.17, 15) is 8.42 Å². The van der Waals surface area contributed by atoms with Crippen LogP contribution in [0.4, 0.5) is 5.82 Å². The number of benzene rings is 2. The summed E-state index contributed by atoms with van der Waals surface area (Å²) in [5.74, 6) is 2.43. The zero-order valence-corrected chi connectivity index (χ0v) is 20.4. The molecule has 0 aliphatic carbocycles. The molecule has 0 N–H and O–H groups in total. The van der Waals surface area contributed by atoms with Crippen LogP contribution in [0.1, 0.15) is 28.2 Å². The number of piperazine rings is 1. The summed E-state index contributed by atoms with van der Waals surface area (Å²) in [5.41, 5.74) is 4.20. The van der Waals surface area contributed by atoms with Crippen LogP contribution in [0.2, 0.25) is 0 Å². The summed E-state index contributed by atoms with van der Waals surface area (Å²) in [4.78, 5) is 11.9. The van der Waals surface area contributed by atoms with Gasteiger partial charge in [0.25, 0.3) is 0 Å². The van der Waals surface area contributed by atoms with E-state index in [0.717, 1.165) is 39.8 Å². The monoisotopic (exact) mass is 466 g/mol. The van der Waals surface area contributed by atoms with Gasteiger partial charge in [-0.05, 0) is 50.6 Å². The Morgan fingerprint density at radius 1 is 0.879 bits per heavy atom. The normalized spacial score (nSPS) is 15.0. The number of sulfonamides is 1. The molecule has 0 unspecified atom stereocenters. The first-order valence-electron chi connectivity index (χ1n) is 11.1. The van der Waals surface area contributed by atoms with E-state index in [1.807, 2.05) is 57.2 Å². The molecule has 0 saturated carbocycles. The molecule has 0 atom stereocenters. The Bertz CT molecular complexity index is 1220. The van der Waals surface area contributed by atoms with Crippen LogP contribution in [0.3, 0.4) is 0 Å². The summed E-state index contributed by atoms with van der Waals surface area (Å²) < 4.78 is 33.0. The Kier molecular flexibility index (Phi) is 6.67. The number of hydrogen-bond acceptors (Lipinski definition) is 6. The fraction of sp³-hybridized carbons (Fsp3) is 0.360.